The highest BCUT2D eigenvalue weighted by Crippen LogP contribution is 2.08. The van der Waals surface area contributed by atoms with E-state index in [9.17, 15) is 4.79 Å². The van der Waals surface area contributed by atoms with Crippen LogP contribution in [0.5, 0.6) is 0 Å². The van der Waals surface area contributed by atoms with E-state index in [1.165, 1.54) is 5.56 Å². The van der Waals surface area contributed by atoms with Gasteiger partial charge in [0.2, 0.25) is 0 Å². The molecule has 2 rings (SSSR count). The van der Waals surface area contributed by atoms with Gasteiger partial charge in [-0.05, 0) is 43.7 Å². The molecule has 2 atom stereocenters. The molecule has 2 aromatic carbocycles. The van der Waals surface area contributed by atoms with Gasteiger partial charge in [-0.3, -0.25) is 0 Å². The van der Waals surface area contributed by atoms with Crippen molar-refractivity contribution in [3.8, 4) is 0 Å². The zero-order valence-corrected chi connectivity index (χ0v) is 16.6. The van der Waals surface area contributed by atoms with Crippen molar-refractivity contribution < 1.29 is 19.4 Å². The first-order chi connectivity index (χ1) is 13.1. The number of esters is 1. The van der Waals surface area contributed by atoms with Gasteiger partial charge in [-0.15, -0.1) is 0 Å². The lowest BCUT2D eigenvalue weighted by Crippen LogP contribution is -2.23. The first kappa shape index (κ1) is 22.9. The smallest absolute Gasteiger partial charge is 0.334 e. The molecule has 0 radical (unpaired) electrons. The number of aliphatic hydroxyl groups excluding tert-OH is 1. The first-order valence-electron chi connectivity index (χ1n) is 9.53. The molecule has 27 heavy (non-hydrogen) atoms. The number of aliphatic hydroxyl groups is 1. The molecule has 0 aromatic heterocycles. The van der Waals surface area contributed by atoms with Gasteiger partial charge in [-0.2, -0.15) is 0 Å². The Hall–Kier alpha value is -2.17. The second kappa shape index (κ2) is 14.0. The number of benzene rings is 2. The molecule has 1 N–H and O–H groups in total. The minimum Gasteiger partial charge on any atom is -0.464 e. The summed E-state index contributed by atoms with van der Waals surface area (Å²) < 4.78 is 10.2. The zero-order chi connectivity index (χ0) is 19.9. The highest BCUT2D eigenvalue weighted by molar-refractivity contribution is 5.74. The molecule has 4 heteroatoms. The van der Waals surface area contributed by atoms with E-state index in [-0.39, 0.29) is 5.97 Å². The molecule has 2 aromatic rings. The van der Waals surface area contributed by atoms with Crippen molar-refractivity contribution in [2.24, 2.45) is 5.92 Å². The van der Waals surface area contributed by atoms with E-state index in [1.54, 1.807) is 13.8 Å². The summed E-state index contributed by atoms with van der Waals surface area (Å²) >= 11 is 0. The second-order valence-electron chi connectivity index (χ2n) is 6.50. The number of hydrogen-bond acceptors (Lipinski definition) is 4. The van der Waals surface area contributed by atoms with Crippen molar-refractivity contribution in [2.75, 3.05) is 13.2 Å². The number of ether oxygens (including phenoxy) is 2. The van der Waals surface area contributed by atoms with Crippen molar-refractivity contribution in [2.45, 2.75) is 46.3 Å². The molecule has 0 aliphatic heterocycles. The average Bonchev–Trinajstić information content (AvgIpc) is 2.72. The van der Waals surface area contributed by atoms with Crippen LogP contribution in [0.1, 0.15) is 38.3 Å². The first-order valence-corrected chi connectivity index (χ1v) is 9.53. The van der Waals surface area contributed by atoms with Crippen LogP contribution in [0.3, 0.4) is 0 Å². The van der Waals surface area contributed by atoms with Gasteiger partial charge in [0.1, 0.15) is 0 Å². The lowest BCUT2D eigenvalue weighted by molar-refractivity contribution is -0.156. The Morgan fingerprint density at radius 3 is 2.04 bits per heavy atom. The van der Waals surface area contributed by atoms with Crippen LogP contribution in [-0.2, 0) is 27.3 Å². The lowest BCUT2D eigenvalue weighted by Gasteiger charge is -2.11. The van der Waals surface area contributed by atoms with Crippen LogP contribution in [-0.4, -0.2) is 30.4 Å². The number of carbonyl (C=O) groups excluding carboxylic acids is 1. The molecule has 0 spiro atoms. The molecule has 4 nitrogen and oxygen atoms in total. The third kappa shape index (κ3) is 10.5. The summed E-state index contributed by atoms with van der Waals surface area (Å²) in [7, 11) is 0. The molecule has 0 saturated carbocycles. The molecular formula is C23H32O4. The highest BCUT2D eigenvalue weighted by atomic mass is 16.6. The van der Waals surface area contributed by atoms with E-state index in [2.05, 4.69) is 31.2 Å². The molecular weight excluding hydrogens is 340 g/mol. The van der Waals surface area contributed by atoms with Gasteiger partial charge in [-0.1, -0.05) is 67.6 Å². The predicted octanol–water partition coefficient (Wildman–Crippen LogP) is 4.40. The topological polar surface area (TPSA) is 55.8 Å². The number of aryl methyl sites for hydroxylation is 1. The summed E-state index contributed by atoms with van der Waals surface area (Å²) in [4.78, 5) is 11.2. The maximum atomic E-state index is 11.2. The average molecular weight is 373 g/mol. The molecule has 0 aliphatic carbocycles. The molecule has 0 heterocycles. The normalized spacial score (nSPS) is 12.4. The van der Waals surface area contributed by atoms with Gasteiger partial charge in [-0.25, -0.2) is 4.79 Å². The minimum absolute atomic E-state index is 0.298. The van der Waals surface area contributed by atoms with Gasteiger partial charge < -0.3 is 14.6 Å². The van der Waals surface area contributed by atoms with Crippen LogP contribution in [0, 0.1) is 5.92 Å². The quantitative estimate of drug-likeness (QED) is 0.663. The number of hydrogen-bond donors (Lipinski definition) is 1. The fourth-order valence-electron chi connectivity index (χ4n) is 2.27. The third-order valence-electron chi connectivity index (χ3n) is 4.04. The molecule has 0 fully saturated rings. The molecule has 0 amide bonds. The van der Waals surface area contributed by atoms with Crippen LogP contribution >= 0.6 is 0 Å². The number of carbonyl (C=O) groups is 1. The fraction of sp³-hybridized carbons (Fsp3) is 0.435. The van der Waals surface area contributed by atoms with Crippen LogP contribution in [0.2, 0.25) is 0 Å². The van der Waals surface area contributed by atoms with Crippen LogP contribution < -0.4 is 0 Å². The summed E-state index contributed by atoms with van der Waals surface area (Å²) in [6.45, 7) is 6.66. The van der Waals surface area contributed by atoms with E-state index in [1.807, 2.05) is 36.4 Å². The molecule has 0 aliphatic rings. The molecule has 0 unspecified atom stereocenters. The molecule has 0 saturated heterocycles. The predicted molar refractivity (Wildman–Crippen MR) is 108 cm³/mol. The van der Waals surface area contributed by atoms with E-state index >= 15 is 0 Å². The number of rotatable bonds is 9. The third-order valence-corrected chi connectivity index (χ3v) is 4.04. The van der Waals surface area contributed by atoms with E-state index in [4.69, 9.17) is 14.6 Å². The maximum Gasteiger partial charge on any atom is 0.334 e. The summed E-state index contributed by atoms with van der Waals surface area (Å²) in [5, 5.41) is 8.81. The Labute approximate surface area is 163 Å². The molecule has 0 bridgehead atoms. The fourth-order valence-corrected chi connectivity index (χ4v) is 2.27. The maximum absolute atomic E-state index is 11.2. The van der Waals surface area contributed by atoms with E-state index in [0.29, 0.717) is 25.7 Å². The Balaban J connectivity index is 0.000000277. The van der Waals surface area contributed by atoms with E-state index in [0.717, 1.165) is 18.4 Å². The van der Waals surface area contributed by atoms with Gasteiger partial charge >= 0.3 is 5.97 Å². The SMILES string of the molecule is CCOC(=O)[C@H](C)OCc1ccccc1.C[C@@H](CO)CCc1ccccc1. The largest absolute Gasteiger partial charge is 0.464 e. The van der Waals surface area contributed by atoms with Gasteiger partial charge in [0.15, 0.2) is 6.10 Å². The van der Waals surface area contributed by atoms with Gasteiger partial charge in [0.25, 0.3) is 0 Å². The second-order valence-corrected chi connectivity index (χ2v) is 6.50. The van der Waals surface area contributed by atoms with E-state index < -0.39 is 6.10 Å². The van der Waals surface area contributed by atoms with Gasteiger partial charge in [0, 0.05) is 6.61 Å². The highest BCUT2D eigenvalue weighted by Gasteiger charge is 2.13. The van der Waals surface area contributed by atoms with Crippen molar-refractivity contribution in [1.82, 2.24) is 0 Å². The minimum atomic E-state index is -0.509. The van der Waals surface area contributed by atoms with Crippen LogP contribution in [0.15, 0.2) is 60.7 Å². The van der Waals surface area contributed by atoms with Crippen molar-refractivity contribution in [3.63, 3.8) is 0 Å². The van der Waals surface area contributed by atoms with Crippen molar-refractivity contribution >= 4 is 5.97 Å². The summed E-state index contributed by atoms with van der Waals surface area (Å²) in [6, 6.07) is 20.1. The lowest BCUT2D eigenvalue weighted by atomic mass is 10.0. The monoisotopic (exact) mass is 372 g/mol. The Bertz CT molecular complexity index is 613. The van der Waals surface area contributed by atoms with Crippen molar-refractivity contribution in [1.29, 1.82) is 0 Å². The van der Waals surface area contributed by atoms with Crippen LogP contribution in [0.4, 0.5) is 0 Å². The Kier molecular flexibility index (Phi) is 11.8. The summed E-state index contributed by atoms with van der Waals surface area (Å²) in [5.74, 6) is 0.110. The zero-order valence-electron chi connectivity index (χ0n) is 16.6. The Morgan fingerprint density at radius 1 is 0.963 bits per heavy atom. The standard InChI is InChI=1S/C12H16O3.C11H16O/c1-3-14-12(13)10(2)15-9-11-7-5-4-6-8-11;1-10(9-12)7-8-11-5-3-2-4-6-11/h4-8,10H,3,9H2,1-2H3;2-6,10,12H,7-9H2,1H3/t2*10-/m01/s1. The Morgan fingerprint density at radius 2 is 1.52 bits per heavy atom. The van der Waals surface area contributed by atoms with Crippen molar-refractivity contribution in [3.05, 3.63) is 71.8 Å². The molecule has 148 valence electrons. The summed E-state index contributed by atoms with van der Waals surface area (Å²) in [5.41, 5.74) is 2.41. The van der Waals surface area contributed by atoms with Gasteiger partial charge in [0.05, 0.1) is 13.2 Å². The summed E-state index contributed by atoms with van der Waals surface area (Å²) in [6.07, 6.45) is 1.63. The van der Waals surface area contributed by atoms with Crippen LogP contribution in [0.25, 0.3) is 0 Å².